The van der Waals surface area contributed by atoms with Crippen LogP contribution in [0, 0.1) is 0 Å². The predicted octanol–water partition coefficient (Wildman–Crippen LogP) is 1.33. The van der Waals surface area contributed by atoms with Crippen LogP contribution in [0.25, 0.3) is 0 Å². The first kappa shape index (κ1) is 8.02. The largest absolute Gasteiger partial charge is 0.393 e. The van der Waals surface area contributed by atoms with Gasteiger partial charge in [-0.15, -0.1) is 0 Å². The van der Waals surface area contributed by atoms with Crippen LogP contribution in [0.4, 0.5) is 0 Å². The summed E-state index contributed by atoms with van der Waals surface area (Å²) in [4.78, 5) is 0. The van der Waals surface area contributed by atoms with E-state index in [1.165, 1.54) is 0 Å². The zero-order valence-corrected chi connectivity index (χ0v) is 6.55. The van der Waals surface area contributed by atoms with Crippen LogP contribution < -0.4 is 0 Å². The highest BCUT2D eigenvalue weighted by molar-refractivity contribution is 4.62. The minimum Gasteiger partial charge on any atom is -0.393 e. The summed E-state index contributed by atoms with van der Waals surface area (Å²) in [6.07, 6.45) is 4.09. The highest BCUT2D eigenvalue weighted by Gasteiger charge is 2.11. The van der Waals surface area contributed by atoms with Gasteiger partial charge in [-0.25, -0.2) is 0 Å². The molecule has 2 atom stereocenters. The van der Waals surface area contributed by atoms with Crippen molar-refractivity contribution in [3.63, 3.8) is 0 Å². The first-order valence-electron chi connectivity index (χ1n) is 4.08. The number of rotatable bonds is 0. The van der Waals surface area contributed by atoms with Crippen molar-refractivity contribution in [2.75, 3.05) is 6.61 Å². The van der Waals surface area contributed by atoms with E-state index >= 15 is 0 Å². The van der Waals surface area contributed by atoms with E-state index in [4.69, 9.17) is 4.74 Å². The second kappa shape index (κ2) is 3.94. The van der Waals surface area contributed by atoms with Gasteiger partial charge in [0, 0.05) is 6.61 Å². The third-order valence-electron chi connectivity index (χ3n) is 1.99. The summed E-state index contributed by atoms with van der Waals surface area (Å²) in [5.74, 6) is 0. The molecule has 0 unspecified atom stereocenters. The van der Waals surface area contributed by atoms with E-state index < -0.39 is 0 Å². The minimum absolute atomic E-state index is 0.0775. The highest BCUT2D eigenvalue weighted by Crippen LogP contribution is 2.13. The summed E-state index contributed by atoms with van der Waals surface area (Å²) < 4.78 is 5.42. The Bertz CT molecular complexity index is 81.3. The lowest BCUT2D eigenvalue weighted by Crippen LogP contribution is -2.18. The summed E-state index contributed by atoms with van der Waals surface area (Å²) in [6.45, 7) is 2.89. The standard InChI is InChI=1S/C8H16O2/c1-7-4-5-8(9)3-2-6-10-7/h7-9H,2-6H2,1H3/t7-,8+/m0/s1. The zero-order valence-electron chi connectivity index (χ0n) is 6.55. The summed E-state index contributed by atoms with van der Waals surface area (Å²) in [5, 5.41) is 9.28. The molecule has 0 radical (unpaired) electrons. The zero-order chi connectivity index (χ0) is 7.40. The van der Waals surface area contributed by atoms with Crippen LogP contribution in [0.1, 0.15) is 32.6 Å². The highest BCUT2D eigenvalue weighted by atomic mass is 16.5. The van der Waals surface area contributed by atoms with Gasteiger partial charge in [0.25, 0.3) is 0 Å². The maximum absolute atomic E-state index is 9.28. The Morgan fingerprint density at radius 3 is 2.90 bits per heavy atom. The van der Waals surface area contributed by atoms with E-state index in [0.717, 1.165) is 32.3 Å². The molecule has 1 saturated heterocycles. The molecule has 2 nitrogen and oxygen atoms in total. The fraction of sp³-hybridized carbons (Fsp3) is 1.00. The molecule has 0 aromatic carbocycles. The second-order valence-corrected chi connectivity index (χ2v) is 3.05. The van der Waals surface area contributed by atoms with Crippen LogP contribution in [0.5, 0.6) is 0 Å². The van der Waals surface area contributed by atoms with Crippen molar-refractivity contribution < 1.29 is 9.84 Å². The molecule has 0 saturated carbocycles. The molecule has 1 fully saturated rings. The van der Waals surface area contributed by atoms with Gasteiger partial charge in [-0.2, -0.15) is 0 Å². The van der Waals surface area contributed by atoms with Crippen molar-refractivity contribution in [1.82, 2.24) is 0 Å². The van der Waals surface area contributed by atoms with Gasteiger partial charge in [0.1, 0.15) is 0 Å². The van der Waals surface area contributed by atoms with E-state index in [2.05, 4.69) is 6.92 Å². The number of aliphatic hydroxyl groups is 1. The molecule has 1 aliphatic heterocycles. The van der Waals surface area contributed by atoms with Crippen LogP contribution in [0.2, 0.25) is 0 Å². The lowest BCUT2D eigenvalue weighted by atomic mass is 10.1. The Hall–Kier alpha value is -0.0800. The normalized spacial score (nSPS) is 36.6. The summed E-state index contributed by atoms with van der Waals surface area (Å²) in [7, 11) is 0. The first-order valence-corrected chi connectivity index (χ1v) is 4.08. The molecule has 0 bridgehead atoms. The van der Waals surface area contributed by atoms with Crippen molar-refractivity contribution in [1.29, 1.82) is 0 Å². The average molecular weight is 144 g/mol. The second-order valence-electron chi connectivity index (χ2n) is 3.05. The van der Waals surface area contributed by atoms with Gasteiger partial charge in [0.15, 0.2) is 0 Å². The molecule has 0 spiro atoms. The molecule has 1 N–H and O–H groups in total. The van der Waals surface area contributed by atoms with Gasteiger partial charge in [-0.05, 0) is 32.6 Å². The third-order valence-corrected chi connectivity index (χ3v) is 1.99. The van der Waals surface area contributed by atoms with E-state index in [1.807, 2.05) is 0 Å². The van der Waals surface area contributed by atoms with E-state index in [9.17, 15) is 5.11 Å². The molecule has 0 amide bonds. The van der Waals surface area contributed by atoms with Crippen LogP contribution in [0.3, 0.4) is 0 Å². The number of hydrogen-bond donors (Lipinski definition) is 1. The topological polar surface area (TPSA) is 29.5 Å². The Morgan fingerprint density at radius 1 is 1.30 bits per heavy atom. The van der Waals surface area contributed by atoms with Gasteiger partial charge in [-0.1, -0.05) is 0 Å². The Labute approximate surface area is 62.2 Å². The molecule has 0 aromatic heterocycles. The first-order chi connectivity index (χ1) is 4.79. The Kier molecular flexibility index (Phi) is 3.16. The van der Waals surface area contributed by atoms with Gasteiger partial charge in [0.2, 0.25) is 0 Å². The quantitative estimate of drug-likeness (QED) is 0.555. The van der Waals surface area contributed by atoms with Gasteiger partial charge >= 0.3 is 0 Å². The lowest BCUT2D eigenvalue weighted by molar-refractivity contribution is 0.0189. The van der Waals surface area contributed by atoms with Crippen molar-refractivity contribution in [3.05, 3.63) is 0 Å². The number of ether oxygens (including phenoxy) is 1. The molecule has 2 heteroatoms. The van der Waals surface area contributed by atoms with Crippen molar-refractivity contribution in [2.24, 2.45) is 0 Å². The fourth-order valence-corrected chi connectivity index (χ4v) is 1.26. The van der Waals surface area contributed by atoms with Crippen LogP contribution >= 0.6 is 0 Å². The summed E-state index contributed by atoms with van der Waals surface area (Å²) in [5.41, 5.74) is 0. The van der Waals surface area contributed by atoms with Gasteiger partial charge in [-0.3, -0.25) is 0 Å². The number of hydrogen-bond acceptors (Lipinski definition) is 2. The summed E-state index contributed by atoms with van der Waals surface area (Å²) in [6, 6.07) is 0. The molecule has 1 rings (SSSR count). The molecule has 1 aliphatic rings. The van der Waals surface area contributed by atoms with Crippen molar-refractivity contribution >= 4 is 0 Å². The van der Waals surface area contributed by atoms with E-state index in [1.54, 1.807) is 0 Å². The van der Waals surface area contributed by atoms with Crippen molar-refractivity contribution in [2.45, 2.75) is 44.8 Å². The minimum atomic E-state index is -0.0775. The van der Waals surface area contributed by atoms with E-state index in [0.29, 0.717) is 6.10 Å². The van der Waals surface area contributed by atoms with Crippen LogP contribution in [-0.4, -0.2) is 23.9 Å². The summed E-state index contributed by atoms with van der Waals surface area (Å²) >= 11 is 0. The van der Waals surface area contributed by atoms with Crippen LogP contribution in [-0.2, 0) is 4.74 Å². The maximum atomic E-state index is 9.28. The monoisotopic (exact) mass is 144 g/mol. The molecular formula is C8H16O2. The molecule has 10 heavy (non-hydrogen) atoms. The molecular weight excluding hydrogens is 128 g/mol. The Morgan fingerprint density at radius 2 is 2.10 bits per heavy atom. The molecule has 1 heterocycles. The smallest absolute Gasteiger partial charge is 0.0547 e. The number of aliphatic hydroxyl groups excluding tert-OH is 1. The SMILES string of the molecule is C[C@H]1CC[C@H](O)CCCO1. The molecule has 0 aliphatic carbocycles. The molecule has 60 valence electrons. The van der Waals surface area contributed by atoms with Crippen LogP contribution in [0.15, 0.2) is 0 Å². The lowest BCUT2D eigenvalue weighted by Gasteiger charge is -2.19. The van der Waals surface area contributed by atoms with Crippen molar-refractivity contribution in [3.8, 4) is 0 Å². The predicted molar refractivity (Wildman–Crippen MR) is 39.9 cm³/mol. The Balaban J connectivity index is 2.23. The maximum Gasteiger partial charge on any atom is 0.0547 e. The van der Waals surface area contributed by atoms with Gasteiger partial charge in [0.05, 0.1) is 12.2 Å². The third kappa shape index (κ3) is 2.67. The van der Waals surface area contributed by atoms with Gasteiger partial charge < -0.3 is 9.84 Å². The fourth-order valence-electron chi connectivity index (χ4n) is 1.26. The molecule has 0 aromatic rings. The average Bonchev–Trinajstić information content (AvgIpc) is 1.90. The van der Waals surface area contributed by atoms with E-state index in [-0.39, 0.29) is 6.10 Å².